The van der Waals surface area contributed by atoms with Gasteiger partial charge in [-0.3, -0.25) is 4.79 Å². The summed E-state index contributed by atoms with van der Waals surface area (Å²) in [6.07, 6.45) is 1.86. The first kappa shape index (κ1) is 22.0. The van der Waals surface area contributed by atoms with E-state index in [0.717, 1.165) is 31.4 Å². The molecule has 0 aliphatic carbocycles. The predicted octanol–water partition coefficient (Wildman–Crippen LogP) is 3.40. The van der Waals surface area contributed by atoms with Gasteiger partial charge in [0, 0.05) is 25.2 Å². The maximum Gasteiger partial charge on any atom is 0.329 e. The van der Waals surface area contributed by atoms with Crippen LogP contribution in [0.3, 0.4) is 0 Å². The molecule has 7 nitrogen and oxygen atoms in total. The van der Waals surface area contributed by atoms with E-state index in [1.165, 1.54) is 0 Å². The van der Waals surface area contributed by atoms with Crippen molar-refractivity contribution in [1.29, 1.82) is 5.26 Å². The van der Waals surface area contributed by atoms with E-state index in [-0.39, 0.29) is 5.54 Å². The van der Waals surface area contributed by atoms with E-state index < -0.39 is 11.9 Å². The lowest BCUT2D eigenvalue weighted by molar-refractivity contribution is -0.145. The summed E-state index contributed by atoms with van der Waals surface area (Å²) in [6, 6.07) is 9.66. The minimum absolute atomic E-state index is 0.110. The number of para-hydroxylation sites is 2. The highest BCUT2D eigenvalue weighted by molar-refractivity contribution is 5.85. The molecule has 2 heterocycles. The van der Waals surface area contributed by atoms with Crippen LogP contribution in [-0.4, -0.2) is 47.7 Å². The van der Waals surface area contributed by atoms with Gasteiger partial charge < -0.3 is 15.0 Å². The predicted molar refractivity (Wildman–Crippen MR) is 117 cm³/mol. The fourth-order valence-corrected chi connectivity index (χ4v) is 3.79. The zero-order valence-corrected chi connectivity index (χ0v) is 18.3. The lowest BCUT2D eigenvalue weighted by Crippen LogP contribution is -2.57. The Kier molecular flexibility index (Phi) is 6.88. The number of hydrogen-bond acceptors (Lipinski definition) is 7. The molecule has 1 N–H and O–H groups in total. The van der Waals surface area contributed by atoms with Crippen LogP contribution in [0.1, 0.15) is 52.1 Å². The van der Waals surface area contributed by atoms with Crippen molar-refractivity contribution in [3.8, 4) is 6.07 Å². The van der Waals surface area contributed by atoms with E-state index in [2.05, 4.69) is 44.0 Å². The molecule has 2 aromatic rings. The van der Waals surface area contributed by atoms with Gasteiger partial charge in [-0.25, -0.2) is 9.97 Å². The summed E-state index contributed by atoms with van der Waals surface area (Å²) in [7, 11) is 0. The zero-order chi connectivity index (χ0) is 21.7. The molecule has 30 heavy (non-hydrogen) atoms. The van der Waals surface area contributed by atoms with Crippen LogP contribution in [0.15, 0.2) is 24.3 Å². The molecule has 1 aliphatic heterocycles. The number of anilines is 1. The van der Waals surface area contributed by atoms with Gasteiger partial charge in [0.25, 0.3) is 0 Å². The Hall–Kier alpha value is -2.72. The highest BCUT2D eigenvalue weighted by Crippen LogP contribution is 2.30. The molecule has 0 spiro atoms. The van der Waals surface area contributed by atoms with E-state index in [4.69, 9.17) is 14.7 Å². The molecule has 7 heteroatoms. The summed E-state index contributed by atoms with van der Waals surface area (Å²) in [6.45, 7) is 10.9. The molecule has 1 unspecified atom stereocenters. The average molecular weight is 410 g/mol. The molecule has 1 fully saturated rings. The molecule has 1 saturated heterocycles. The highest BCUT2D eigenvalue weighted by Gasteiger charge is 2.33. The number of carbonyl (C=O) groups excluding carboxylic acids is 1. The van der Waals surface area contributed by atoms with Crippen LogP contribution in [0.4, 0.5) is 5.82 Å². The fraction of sp³-hybridized carbons (Fsp3) is 0.565. The third kappa shape index (κ3) is 4.88. The number of aromatic nitrogens is 2. The molecule has 1 atom stereocenters. The van der Waals surface area contributed by atoms with Crippen molar-refractivity contribution in [2.75, 3.05) is 31.1 Å². The maximum atomic E-state index is 12.9. The number of hydrogen-bond donors (Lipinski definition) is 1. The number of nitriles is 1. The van der Waals surface area contributed by atoms with Crippen LogP contribution in [0, 0.1) is 17.2 Å². The summed E-state index contributed by atoms with van der Waals surface area (Å²) in [4.78, 5) is 24.5. The number of fused-ring (bicyclic) bond motifs is 1. The minimum atomic E-state index is -1.11. The topological polar surface area (TPSA) is 91.1 Å². The number of carbonyl (C=O) groups is 1. The van der Waals surface area contributed by atoms with Gasteiger partial charge in [0.2, 0.25) is 0 Å². The molecule has 1 aliphatic rings. The second kappa shape index (κ2) is 9.40. The number of piperazine rings is 1. The molecule has 0 bridgehead atoms. The first-order valence-corrected chi connectivity index (χ1v) is 10.7. The molecular weight excluding hydrogens is 378 g/mol. The molecular formula is C23H31N5O2. The fourth-order valence-electron chi connectivity index (χ4n) is 3.79. The molecule has 0 saturated carbocycles. The van der Waals surface area contributed by atoms with Gasteiger partial charge in [-0.15, -0.1) is 0 Å². The van der Waals surface area contributed by atoms with Gasteiger partial charge in [0.15, 0.2) is 11.7 Å². The summed E-state index contributed by atoms with van der Waals surface area (Å²) < 4.78 is 5.53. The van der Waals surface area contributed by atoms with Crippen LogP contribution >= 0.6 is 0 Å². The summed E-state index contributed by atoms with van der Waals surface area (Å²) in [5.74, 6) is -0.771. The Morgan fingerprint density at radius 2 is 1.93 bits per heavy atom. The molecule has 0 amide bonds. The highest BCUT2D eigenvalue weighted by atomic mass is 16.5. The van der Waals surface area contributed by atoms with Gasteiger partial charge in [0.05, 0.1) is 23.7 Å². The lowest BCUT2D eigenvalue weighted by atomic mass is 10.0. The molecule has 1 aromatic heterocycles. The molecule has 3 rings (SSSR count). The molecule has 160 valence electrons. The smallest absolute Gasteiger partial charge is 0.329 e. The van der Waals surface area contributed by atoms with E-state index in [1.807, 2.05) is 24.3 Å². The van der Waals surface area contributed by atoms with Crippen LogP contribution in [0.5, 0.6) is 0 Å². The van der Waals surface area contributed by atoms with E-state index in [0.29, 0.717) is 36.1 Å². The van der Waals surface area contributed by atoms with E-state index >= 15 is 0 Å². The maximum absolute atomic E-state index is 12.9. The van der Waals surface area contributed by atoms with Crippen LogP contribution < -0.4 is 10.2 Å². The number of nitrogens with zero attached hydrogens (tertiary/aromatic N) is 4. The number of ether oxygens (including phenoxy) is 1. The Morgan fingerprint density at radius 3 is 2.53 bits per heavy atom. The quantitative estimate of drug-likeness (QED) is 0.701. The SMILES string of the molecule is CCC(CC)COC(=O)C(C#N)c1nc2ccccc2nc1N1CCNC(C)(C)C1. The van der Waals surface area contributed by atoms with E-state index in [1.54, 1.807) is 0 Å². The van der Waals surface area contributed by atoms with Gasteiger partial charge in [-0.05, 0) is 31.9 Å². The Bertz CT molecular complexity index is 933. The van der Waals surface area contributed by atoms with Crippen LogP contribution in [0.25, 0.3) is 11.0 Å². The molecule has 0 radical (unpaired) electrons. The van der Waals surface area contributed by atoms with Crippen molar-refractivity contribution in [3.63, 3.8) is 0 Å². The zero-order valence-electron chi connectivity index (χ0n) is 18.3. The van der Waals surface area contributed by atoms with Crippen molar-refractivity contribution >= 4 is 22.8 Å². The van der Waals surface area contributed by atoms with Crippen LogP contribution in [-0.2, 0) is 9.53 Å². The second-order valence-electron chi connectivity index (χ2n) is 8.53. The van der Waals surface area contributed by atoms with Crippen LogP contribution in [0.2, 0.25) is 0 Å². The van der Waals surface area contributed by atoms with Gasteiger partial charge in [-0.1, -0.05) is 38.8 Å². The van der Waals surface area contributed by atoms with Crippen molar-refractivity contribution in [1.82, 2.24) is 15.3 Å². The largest absolute Gasteiger partial charge is 0.464 e. The van der Waals surface area contributed by atoms with Gasteiger partial charge >= 0.3 is 5.97 Å². The Morgan fingerprint density at radius 1 is 1.27 bits per heavy atom. The van der Waals surface area contributed by atoms with Crippen molar-refractivity contribution in [3.05, 3.63) is 30.0 Å². The summed E-state index contributed by atoms with van der Waals surface area (Å²) in [5, 5.41) is 13.4. The Balaban J connectivity index is 1.99. The first-order valence-electron chi connectivity index (χ1n) is 10.7. The van der Waals surface area contributed by atoms with Crippen molar-refractivity contribution in [2.24, 2.45) is 5.92 Å². The standard InChI is InChI=1S/C23H31N5O2/c1-5-16(6-2)14-30-22(29)17(13-24)20-21(28-12-11-25-23(3,4)15-28)27-19-10-8-7-9-18(19)26-20/h7-10,16-17,25H,5-6,11-12,14-15H2,1-4H3. The number of esters is 1. The van der Waals surface area contributed by atoms with E-state index in [9.17, 15) is 10.1 Å². The van der Waals surface area contributed by atoms with Gasteiger partial charge in [-0.2, -0.15) is 5.26 Å². The summed E-state index contributed by atoms with van der Waals surface area (Å²) in [5.41, 5.74) is 1.68. The number of nitrogens with one attached hydrogen (secondary N) is 1. The summed E-state index contributed by atoms with van der Waals surface area (Å²) >= 11 is 0. The first-order chi connectivity index (χ1) is 14.4. The Labute approximate surface area is 178 Å². The van der Waals surface area contributed by atoms with Crippen molar-refractivity contribution < 1.29 is 9.53 Å². The molecule has 1 aromatic carbocycles. The normalized spacial score (nSPS) is 17.0. The van der Waals surface area contributed by atoms with Crippen molar-refractivity contribution in [2.45, 2.75) is 52.0 Å². The third-order valence-electron chi connectivity index (χ3n) is 5.70. The average Bonchev–Trinajstić information content (AvgIpc) is 2.73. The number of benzene rings is 1. The minimum Gasteiger partial charge on any atom is -0.464 e. The third-order valence-corrected chi connectivity index (χ3v) is 5.70. The monoisotopic (exact) mass is 409 g/mol. The second-order valence-corrected chi connectivity index (χ2v) is 8.53. The van der Waals surface area contributed by atoms with Gasteiger partial charge in [0.1, 0.15) is 5.69 Å². The lowest BCUT2D eigenvalue weighted by Gasteiger charge is -2.40. The number of rotatable bonds is 7.